The third-order valence-corrected chi connectivity index (χ3v) is 2.29. The molecular formula is C12H12N2O2. The van der Waals surface area contributed by atoms with Crippen LogP contribution in [0.25, 0.3) is 11.1 Å². The van der Waals surface area contributed by atoms with Crippen LogP contribution in [0.3, 0.4) is 0 Å². The molecule has 1 heterocycles. The highest BCUT2D eigenvalue weighted by atomic mass is 16.3. The fourth-order valence-corrected chi connectivity index (χ4v) is 1.46. The first-order valence-corrected chi connectivity index (χ1v) is 5.13. The van der Waals surface area contributed by atoms with Crippen LogP contribution < -0.4 is 0 Å². The molecule has 0 aliphatic rings. The molecule has 16 heavy (non-hydrogen) atoms. The van der Waals surface area contributed by atoms with Gasteiger partial charge in [-0.1, -0.05) is 19.9 Å². The van der Waals surface area contributed by atoms with Gasteiger partial charge in [0.15, 0.2) is 11.5 Å². The fraction of sp³-hybridized carbons (Fsp3) is 0.333. The van der Waals surface area contributed by atoms with Crippen molar-refractivity contribution in [3.63, 3.8) is 0 Å². The molecule has 0 aliphatic carbocycles. The van der Waals surface area contributed by atoms with Crippen molar-refractivity contribution < 1.29 is 9.21 Å². The molecule has 0 saturated heterocycles. The predicted octanol–water partition coefficient (Wildman–Crippen LogP) is 2.79. The van der Waals surface area contributed by atoms with Crippen molar-refractivity contribution in [1.82, 2.24) is 4.98 Å². The van der Waals surface area contributed by atoms with Crippen LogP contribution in [0.5, 0.6) is 0 Å². The largest absolute Gasteiger partial charge is 0.440 e. The maximum absolute atomic E-state index is 10.0. The van der Waals surface area contributed by atoms with E-state index in [-0.39, 0.29) is 5.92 Å². The maximum atomic E-state index is 10.0. The third-order valence-electron chi connectivity index (χ3n) is 2.29. The number of isocyanates is 1. The molecule has 0 atom stereocenters. The van der Waals surface area contributed by atoms with Gasteiger partial charge in [0.05, 0.1) is 6.54 Å². The SMILES string of the molecule is CC(C)c1nc2cc(CN=C=O)ccc2o1. The molecule has 0 fully saturated rings. The monoisotopic (exact) mass is 216 g/mol. The highest BCUT2D eigenvalue weighted by Gasteiger charge is 2.09. The predicted molar refractivity (Wildman–Crippen MR) is 59.9 cm³/mol. The highest BCUT2D eigenvalue weighted by molar-refractivity contribution is 5.73. The molecule has 2 aromatic rings. The molecule has 0 N–H and O–H groups in total. The van der Waals surface area contributed by atoms with Crippen molar-refractivity contribution in [2.75, 3.05) is 0 Å². The molecular weight excluding hydrogens is 204 g/mol. The van der Waals surface area contributed by atoms with Crippen LogP contribution >= 0.6 is 0 Å². The minimum atomic E-state index is 0.267. The number of hydrogen-bond acceptors (Lipinski definition) is 4. The Labute approximate surface area is 93.0 Å². The number of aromatic nitrogens is 1. The summed E-state index contributed by atoms with van der Waals surface area (Å²) in [6.45, 7) is 4.40. The second-order valence-corrected chi connectivity index (χ2v) is 3.92. The third kappa shape index (κ3) is 2.02. The number of fused-ring (bicyclic) bond motifs is 1. The van der Waals surface area contributed by atoms with Crippen molar-refractivity contribution in [2.45, 2.75) is 26.3 Å². The second-order valence-electron chi connectivity index (χ2n) is 3.92. The summed E-state index contributed by atoms with van der Waals surface area (Å²) in [5, 5.41) is 0. The Bertz CT molecular complexity index is 551. The zero-order valence-electron chi connectivity index (χ0n) is 9.23. The van der Waals surface area contributed by atoms with E-state index in [1.165, 1.54) is 6.08 Å². The molecule has 0 radical (unpaired) electrons. The van der Waals surface area contributed by atoms with Crippen molar-refractivity contribution >= 4 is 17.2 Å². The minimum Gasteiger partial charge on any atom is -0.440 e. The van der Waals surface area contributed by atoms with Gasteiger partial charge in [0.1, 0.15) is 5.52 Å². The topological polar surface area (TPSA) is 55.5 Å². The Kier molecular flexibility index (Phi) is 2.84. The summed E-state index contributed by atoms with van der Waals surface area (Å²) >= 11 is 0. The van der Waals surface area contributed by atoms with Gasteiger partial charge >= 0.3 is 0 Å². The summed E-state index contributed by atoms with van der Waals surface area (Å²) in [6.07, 6.45) is 1.52. The summed E-state index contributed by atoms with van der Waals surface area (Å²) in [5.74, 6) is 0.995. The summed E-state index contributed by atoms with van der Waals surface area (Å²) in [5.41, 5.74) is 2.50. The van der Waals surface area contributed by atoms with Gasteiger partial charge < -0.3 is 4.42 Å². The van der Waals surface area contributed by atoms with Crippen LogP contribution in [0.15, 0.2) is 27.6 Å². The van der Waals surface area contributed by atoms with E-state index in [4.69, 9.17) is 4.42 Å². The molecule has 0 aliphatic heterocycles. The smallest absolute Gasteiger partial charge is 0.235 e. The number of rotatable bonds is 3. The molecule has 4 heteroatoms. The van der Waals surface area contributed by atoms with Gasteiger partial charge in [0, 0.05) is 5.92 Å². The summed E-state index contributed by atoms with van der Waals surface area (Å²) in [6, 6.07) is 5.61. The normalized spacial score (nSPS) is 10.7. The van der Waals surface area contributed by atoms with Crippen LogP contribution in [0.2, 0.25) is 0 Å². The molecule has 2 rings (SSSR count). The standard InChI is InChI=1S/C12H12N2O2/c1-8(2)12-14-10-5-9(6-13-7-15)3-4-11(10)16-12/h3-5,8H,6H2,1-2H3. The summed E-state index contributed by atoms with van der Waals surface area (Å²) in [4.78, 5) is 17.9. The van der Waals surface area contributed by atoms with Gasteiger partial charge in [-0.2, -0.15) is 0 Å². The lowest BCUT2D eigenvalue weighted by Gasteiger charge is -1.93. The number of oxazole rings is 1. The van der Waals surface area contributed by atoms with Gasteiger partial charge in [-0.25, -0.2) is 14.8 Å². The maximum Gasteiger partial charge on any atom is 0.235 e. The van der Waals surface area contributed by atoms with Crippen molar-refractivity contribution in [3.05, 3.63) is 29.7 Å². The number of nitrogens with zero attached hydrogens (tertiary/aromatic N) is 2. The van der Waals surface area contributed by atoms with Gasteiger partial charge in [0.2, 0.25) is 6.08 Å². The van der Waals surface area contributed by atoms with Crippen LogP contribution in [0.4, 0.5) is 0 Å². The van der Waals surface area contributed by atoms with E-state index in [0.29, 0.717) is 6.54 Å². The summed E-state index contributed by atoms with van der Waals surface area (Å²) < 4.78 is 5.57. The first-order valence-electron chi connectivity index (χ1n) is 5.13. The van der Waals surface area contributed by atoms with E-state index in [1.807, 2.05) is 32.0 Å². The van der Waals surface area contributed by atoms with E-state index in [0.717, 1.165) is 22.6 Å². The average Bonchev–Trinajstić information content (AvgIpc) is 2.69. The van der Waals surface area contributed by atoms with Crippen LogP contribution in [0, 0.1) is 0 Å². The van der Waals surface area contributed by atoms with E-state index >= 15 is 0 Å². The van der Waals surface area contributed by atoms with E-state index in [2.05, 4.69) is 9.98 Å². The second kappa shape index (κ2) is 4.29. The lowest BCUT2D eigenvalue weighted by Crippen LogP contribution is -1.85. The molecule has 0 spiro atoms. The van der Waals surface area contributed by atoms with Crippen molar-refractivity contribution in [1.29, 1.82) is 0 Å². The number of hydrogen-bond donors (Lipinski definition) is 0. The van der Waals surface area contributed by atoms with E-state index < -0.39 is 0 Å². The molecule has 1 aromatic heterocycles. The van der Waals surface area contributed by atoms with Crippen LogP contribution in [0.1, 0.15) is 31.2 Å². The Morgan fingerprint density at radius 2 is 2.31 bits per heavy atom. The number of benzene rings is 1. The fourth-order valence-electron chi connectivity index (χ4n) is 1.46. The lowest BCUT2D eigenvalue weighted by atomic mass is 10.2. The lowest BCUT2D eigenvalue weighted by molar-refractivity contribution is 0.501. The Balaban J connectivity index is 2.41. The molecule has 0 amide bonds. The molecule has 1 aromatic carbocycles. The first kappa shape index (κ1) is 10.6. The van der Waals surface area contributed by atoms with Crippen LogP contribution in [-0.4, -0.2) is 11.1 Å². The highest BCUT2D eigenvalue weighted by Crippen LogP contribution is 2.22. The molecule has 4 nitrogen and oxygen atoms in total. The molecule has 0 saturated carbocycles. The Hall–Kier alpha value is -1.93. The van der Waals surface area contributed by atoms with Gasteiger partial charge in [-0.15, -0.1) is 0 Å². The van der Waals surface area contributed by atoms with Crippen LogP contribution in [-0.2, 0) is 11.3 Å². The van der Waals surface area contributed by atoms with E-state index in [9.17, 15) is 4.79 Å². The zero-order valence-corrected chi connectivity index (χ0v) is 9.23. The summed E-state index contributed by atoms with van der Waals surface area (Å²) in [7, 11) is 0. The average molecular weight is 216 g/mol. The Morgan fingerprint density at radius 3 is 3.00 bits per heavy atom. The van der Waals surface area contributed by atoms with Gasteiger partial charge in [0.25, 0.3) is 0 Å². The number of aliphatic imine (C=N–C) groups is 1. The van der Waals surface area contributed by atoms with Gasteiger partial charge in [-0.05, 0) is 17.7 Å². The number of carbonyl (C=O) groups excluding carboxylic acids is 1. The quantitative estimate of drug-likeness (QED) is 0.585. The van der Waals surface area contributed by atoms with Crippen molar-refractivity contribution in [2.24, 2.45) is 4.99 Å². The molecule has 82 valence electrons. The minimum absolute atomic E-state index is 0.267. The van der Waals surface area contributed by atoms with E-state index in [1.54, 1.807) is 0 Å². The molecule has 0 bridgehead atoms. The molecule has 0 unspecified atom stereocenters. The van der Waals surface area contributed by atoms with Crippen molar-refractivity contribution in [3.8, 4) is 0 Å². The van der Waals surface area contributed by atoms with Gasteiger partial charge in [-0.3, -0.25) is 0 Å². The Morgan fingerprint density at radius 1 is 1.50 bits per heavy atom. The first-order chi connectivity index (χ1) is 7.70. The zero-order chi connectivity index (χ0) is 11.5.